The Hall–Kier alpha value is -2.49. The monoisotopic (exact) mass is 237 g/mol. The molecular formula is C10H8FN3O3. The third-order valence-electron chi connectivity index (χ3n) is 2.00. The number of nitrogens with zero attached hydrogens (tertiary/aromatic N) is 2. The van der Waals surface area contributed by atoms with Crippen LogP contribution < -0.4 is 5.32 Å². The first-order valence-electron chi connectivity index (χ1n) is 4.60. The minimum absolute atomic E-state index is 0.262. The Kier molecular flexibility index (Phi) is 3.72. The molecule has 0 aliphatic carbocycles. The Labute approximate surface area is 95.8 Å². The SMILES string of the molecule is CC(C#N)C(=O)Nc1cc(F)ccc1[N+](=O)[O-]. The molecule has 17 heavy (non-hydrogen) atoms. The van der Waals surface area contributed by atoms with E-state index in [9.17, 15) is 19.3 Å². The highest BCUT2D eigenvalue weighted by molar-refractivity contribution is 5.95. The molecule has 0 saturated carbocycles. The summed E-state index contributed by atoms with van der Waals surface area (Å²) in [4.78, 5) is 21.2. The third-order valence-corrected chi connectivity index (χ3v) is 2.00. The molecule has 1 rings (SSSR count). The Morgan fingerprint density at radius 3 is 2.82 bits per heavy atom. The molecule has 7 heteroatoms. The zero-order valence-corrected chi connectivity index (χ0v) is 8.81. The molecule has 1 atom stereocenters. The number of halogens is 1. The Bertz CT molecular complexity index is 510. The number of carbonyl (C=O) groups is 1. The molecule has 1 aromatic carbocycles. The second-order valence-corrected chi connectivity index (χ2v) is 3.26. The van der Waals surface area contributed by atoms with Gasteiger partial charge in [0, 0.05) is 12.1 Å². The van der Waals surface area contributed by atoms with Gasteiger partial charge in [-0.3, -0.25) is 14.9 Å². The molecule has 1 amide bonds. The number of rotatable bonds is 3. The second-order valence-electron chi connectivity index (χ2n) is 3.26. The predicted octanol–water partition coefficient (Wildman–Crippen LogP) is 1.83. The molecule has 0 aliphatic heterocycles. The van der Waals surface area contributed by atoms with Crippen molar-refractivity contribution in [1.82, 2.24) is 0 Å². The quantitative estimate of drug-likeness (QED) is 0.640. The zero-order chi connectivity index (χ0) is 13.0. The van der Waals surface area contributed by atoms with Gasteiger partial charge in [0.05, 0.1) is 11.0 Å². The van der Waals surface area contributed by atoms with E-state index in [1.165, 1.54) is 6.92 Å². The summed E-state index contributed by atoms with van der Waals surface area (Å²) < 4.78 is 12.9. The summed E-state index contributed by atoms with van der Waals surface area (Å²) in [5, 5.41) is 21.3. The molecule has 0 aromatic heterocycles. The molecule has 0 heterocycles. The van der Waals surface area contributed by atoms with E-state index in [0.717, 1.165) is 18.2 Å². The first-order valence-corrected chi connectivity index (χ1v) is 4.60. The van der Waals surface area contributed by atoms with E-state index in [-0.39, 0.29) is 5.69 Å². The number of anilines is 1. The number of benzene rings is 1. The van der Waals surface area contributed by atoms with E-state index in [0.29, 0.717) is 0 Å². The van der Waals surface area contributed by atoms with Crippen LogP contribution in [0.1, 0.15) is 6.92 Å². The molecule has 1 N–H and O–H groups in total. The van der Waals surface area contributed by atoms with Crippen LogP contribution in [-0.2, 0) is 4.79 Å². The van der Waals surface area contributed by atoms with Gasteiger partial charge in [-0.2, -0.15) is 5.26 Å². The fraction of sp³-hybridized carbons (Fsp3) is 0.200. The van der Waals surface area contributed by atoms with Crippen molar-refractivity contribution in [2.75, 3.05) is 5.32 Å². The normalized spacial score (nSPS) is 11.4. The van der Waals surface area contributed by atoms with E-state index in [1.807, 2.05) is 0 Å². The van der Waals surface area contributed by atoms with E-state index in [1.54, 1.807) is 6.07 Å². The van der Waals surface area contributed by atoms with Crippen LogP contribution in [0.3, 0.4) is 0 Å². The van der Waals surface area contributed by atoms with Crippen LogP contribution in [0.25, 0.3) is 0 Å². The van der Waals surface area contributed by atoms with Crippen molar-refractivity contribution in [2.24, 2.45) is 5.92 Å². The van der Waals surface area contributed by atoms with Gasteiger partial charge in [0.15, 0.2) is 0 Å². The zero-order valence-electron chi connectivity index (χ0n) is 8.81. The first kappa shape index (κ1) is 12.6. The average molecular weight is 237 g/mol. The van der Waals surface area contributed by atoms with Gasteiger partial charge < -0.3 is 5.32 Å². The lowest BCUT2D eigenvalue weighted by molar-refractivity contribution is -0.384. The number of carbonyl (C=O) groups excluding carboxylic acids is 1. The van der Waals surface area contributed by atoms with Gasteiger partial charge in [-0.05, 0) is 13.0 Å². The Morgan fingerprint density at radius 1 is 1.65 bits per heavy atom. The number of nitro benzene ring substituents is 1. The van der Waals surface area contributed by atoms with Crippen LogP contribution in [0, 0.1) is 33.2 Å². The van der Waals surface area contributed by atoms with Gasteiger partial charge in [-0.15, -0.1) is 0 Å². The van der Waals surface area contributed by atoms with Crippen molar-refractivity contribution in [3.8, 4) is 6.07 Å². The third kappa shape index (κ3) is 2.98. The van der Waals surface area contributed by atoms with Crippen molar-refractivity contribution in [1.29, 1.82) is 5.26 Å². The number of hydrogen-bond donors (Lipinski definition) is 1. The topological polar surface area (TPSA) is 96.0 Å². The van der Waals surface area contributed by atoms with Crippen molar-refractivity contribution in [3.05, 3.63) is 34.1 Å². The van der Waals surface area contributed by atoms with Crippen molar-refractivity contribution in [2.45, 2.75) is 6.92 Å². The molecule has 1 aromatic rings. The lowest BCUT2D eigenvalue weighted by atomic mass is 10.2. The fourth-order valence-corrected chi connectivity index (χ4v) is 1.07. The van der Waals surface area contributed by atoms with Gasteiger partial charge in [0.1, 0.15) is 17.4 Å². The number of nitro groups is 1. The van der Waals surface area contributed by atoms with E-state index in [4.69, 9.17) is 5.26 Å². The Balaban J connectivity index is 3.05. The molecule has 0 aliphatic rings. The standard InChI is InChI=1S/C10H8FN3O3/c1-6(5-12)10(15)13-8-4-7(11)2-3-9(8)14(16)17/h2-4,6H,1H3,(H,13,15). The van der Waals surface area contributed by atoms with Crippen LogP contribution >= 0.6 is 0 Å². The van der Waals surface area contributed by atoms with Gasteiger partial charge >= 0.3 is 0 Å². The van der Waals surface area contributed by atoms with E-state index in [2.05, 4.69) is 5.32 Å². The maximum absolute atomic E-state index is 12.9. The maximum atomic E-state index is 12.9. The number of amides is 1. The Morgan fingerprint density at radius 2 is 2.29 bits per heavy atom. The summed E-state index contributed by atoms with van der Waals surface area (Å²) >= 11 is 0. The van der Waals surface area contributed by atoms with E-state index >= 15 is 0 Å². The highest BCUT2D eigenvalue weighted by atomic mass is 19.1. The summed E-state index contributed by atoms with van der Waals surface area (Å²) in [6, 6.07) is 4.37. The van der Waals surface area contributed by atoms with Crippen LogP contribution in [0.5, 0.6) is 0 Å². The summed E-state index contributed by atoms with van der Waals surface area (Å²) in [6.07, 6.45) is 0. The smallest absolute Gasteiger partial charge is 0.292 e. The molecule has 0 radical (unpaired) electrons. The minimum Gasteiger partial charge on any atom is -0.319 e. The predicted molar refractivity (Wildman–Crippen MR) is 56.5 cm³/mol. The number of nitrogens with one attached hydrogen (secondary N) is 1. The highest BCUT2D eigenvalue weighted by Gasteiger charge is 2.19. The summed E-state index contributed by atoms with van der Waals surface area (Å²) in [6.45, 7) is 1.33. The molecule has 0 spiro atoms. The van der Waals surface area contributed by atoms with Crippen LogP contribution in [-0.4, -0.2) is 10.8 Å². The lowest BCUT2D eigenvalue weighted by Gasteiger charge is -2.06. The van der Waals surface area contributed by atoms with Gasteiger partial charge in [0.2, 0.25) is 5.91 Å². The lowest BCUT2D eigenvalue weighted by Crippen LogP contribution is -2.19. The van der Waals surface area contributed by atoms with Crippen molar-refractivity contribution < 1.29 is 14.1 Å². The average Bonchev–Trinajstić information content (AvgIpc) is 2.27. The fourth-order valence-electron chi connectivity index (χ4n) is 1.07. The largest absolute Gasteiger partial charge is 0.319 e. The maximum Gasteiger partial charge on any atom is 0.292 e. The molecule has 0 bridgehead atoms. The molecular weight excluding hydrogens is 229 g/mol. The van der Waals surface area contributed by atoms with Crippen LogP contribution in [0.2, 0.25) is 0 Å². The van der Waals surface area contributed by atoms with Crippen molar-refractivity contribution >= 4 is 17.3 Å². The van der Waals surface area contributed by atoms with Crippen LogP contribution in [0.15, 0.2) is 18.2 Å². The second kappa shape index (κ2) is 5.03. The summed E-state index contributed by atoms with van der Waals surface area (Å²) in [7, 11) is 0. The summed E-state index contributed by atoms with van der Waals surface area (Å²) in [5.74, 6) is -2.41. The van der Waals surface area contributed by atoms with E-state index < -0.39 is 28.3 Å². The van der Waals surface area contributed by atoms with Crippen molar-refractivity contribution in [3.63, 3.8) is 0 Å². The highest BCUT2D eigenvalue weighted by Crippen LogP contribution is 2.25. The first-order chi connectivity index (χ1) is 7.95. The number of hydrogen-bond acceptors (Lipinski definition) is 4. The number of nitriles is 1. The van der Waals surface area contributed by atoms with Gasteiger partial charge in [-0.25, -0.2) is 4.39 Å². The molecule has 0 saturated heterocycles. The molecule has 88 valence electrons. The van der Waals surface area contributed by atoms with Gasteiger partial charge in [-0.1, -0.05) is 0 Å². The van der Waals surface area contributed by atoms with Crippen LogP contribution in [0.4, 0.5) is 15.8 Å². The molecule has 0 fully saturated rings. The molecule has 1 unspecified atom stereocenters. The van der Waals surface area contributed by atoms with Gasteiger partial charge in [0.25, 0.3) is 5.69 Å². The summed E-state index contributed by atoms with van der Waals surface area (Å²) in [5.41, 5.74) is -0.688. The minimum atomic E-state index is -0.974. The molecule has 6 nitrogen and oxygen atoms in total.